The Morgan fingerprint density at radius 1 is 1.43 bits per heavy atom. The van der Waals surface area contributed by atoms with Gasteiger partial charge in [0.2, 0.25) is 0 Å². The predicted octanol–water partition coefficient (Wildman–Crippen LogP) is 3.39. The van der Waals surface area contributed by atoms with E-state index in [0.29, 0.717) is 24.6 Å². The Balaban J connectivity index is 1.60. The largest absolute Gasteiger partial charge is 0.377 e. The van der Waals surface area contributed by atoms with Crippen LogP contribution < -0.4 is 10.0 Å². The number of fused-ring (bicyclic) bond motifs is 1. The van der Waals surface area contributed by atoms with E-state index in [0.717, 1.165) is 29.8 Å². The minimum Gasteiger partial charge on any atom is -0.377 e. The molecule has 2 aliphatic rings. The van der Waals surface area contributed by atoms with Gasteiger partial charge < -0.3 is 14.6 Å². The Morgan fingerprint density at radius 3 is 2.89 bits per heavy atom. The number of ether oxygens (including phenoxy) is 1. The number of rotatable bonds is 5. The second-order valence-electron chi connectivity index (χ2n) is 7.52. The van der Waals surface area contributed by atoms with Crippen LogP contribution in [-0.2, 0) is 17.7 Å². The number of carbonyl (C=O) groups is 1. The zero-order valence-corrected chi connectivity index (χ0v) is 16.6. The molecule has 8 heteroatoms. The van der Waals surface area contributed by atoms with Crippen LogP contribution in [0.1, 0.15) is 40.7 Å². The fourth-order valence-electron chi connectivity index (χ4n) is 3.63. The Kier molecular flexibility index (Phi) is 4.91. The van der Waals surface area contributed by atoms with Gasteiger partial charge in [-0.3, -0.25) is 4.79 Å². The van der Waals surface area contributed by atoms with E-state index in [9.17, 15) is 9.18 Å². The van der Waals surface area contributed by atoms with Crippen molar-refractivity contribution >= 4 is 23.5 Å². The van der Waals surface area contributed by atoms with Gasteiger partial charge in [0, 0.05) is 22.8 Å². The molecule has 1 aromatic heterocycles. The first-order valence-electron chi connectivity index (χ1n) is 9.16. The number of anilines is 1. The zero-order valence-electron chi connectivity index (χ0n) is 15.8. The maximum atomic E-state index is 13.5. The van der Waals surface area contributed by atoms with Gasteiger partial charge in [0.15, 0.2) is 0 Å². The molecule has 2 aliphatic heterocycles. The molecule has 0 bridgehead atoms. The summed E-state index contributed by atoms with van der Waals surface area (Å²) in [7, 11) is 0. The first kappa shape index (κ1) is 19.0. The van der Waals surface area contributed by atoms with E-state index >= 15 is 0 Å². The summed E-state index contributed by atoms with van der Waals surface area (Å²) in [6.45, 7) is 6.22. The van der Waals surface area contributed by atoms with Crippen molar-refractivity contribution in [2.75, 3.05) is 18.5 Å². The number of nitriles is 1. The number of amides is 1. The smallest absolute Gasteiger partial charge is 0.272 e. The average molecular weight is 400 g/mol. The van der Waals surface area contributed by atoms with Gasteiger partial charge in [-0.05, 0) is 62.4 Å². The first-order valence-corrected chi connectivity index (χ1v) is 9.98. The number of hydrogen-bond acceptors (Lipinski definition) is 5. The minimum absolute atomic E-state index is 0.0469. The number of halogens is 1. The van der Waals surface area contributed by atoms with Crippen LogP contribution in [0.2, 0.25) is 0 Å². The molecule has 1 fully saturated rings. The van der Waals surface area contributed by atoms with Crippen LogP contribution in [-0.4, -0.2) is 29.2 Å². The lowest BCUT2D eigenvalue weighted by Gasteiger charge is -2.38. The Hall–Kier alpha value is -2.34. The molecule has 1 aromatic carbocycles. The van der Waals surface area contributed by atoms with Crippen LogP contribution in [0.3, 0.4) is 0 Å². The van der Waals surface area contributed by atoms with Crippen LogP contribution in [0, 0.1) is 24.1 Å². The zero-order chi connectivity index (χ0) is 19.9. The highest BCUT2D eigenvalue weighted by atomic mass is 32.2. The van der Waals surface area contributed by atoms with E-state index in [4.69, 9.17) is 10.00 Å². The van der Waals surface area contributed by atoms with Crippen molar-refractivity contribution in [3.05, 3.63) is 46.5 Å². The summed E-state index contributed by atoms with van der Waals surface area (Å²) in [4.78, 5) is 14.1. The minimum atomic E-state index is -0.599. The lowest BCUT2D eigenvalue weighted by Crippen LogP contribution is -2.55. The highest BCUT2D eigenvalue weighted by molar-refractivity contribution is 7.97. The average Bonchev–Trinajstić information content (AvgIpc) is 3.20. The molecule has 28 heavy (non-hydrogen) atoms. The van der Waals surface area contributed by atoms with E-state index < -0.39 is 5.82 Å². The maximum Gasteiger partial charge on any atom is 0.272 e. The summed E-state index contributed by atoms with van der Waals surface area (Å²) < 4.78 is 24.4. The van der Waals surface area contributed by atoms with Crippen molar-refractivity contribution in [2.45, 2.75) is 43.7 Å². The molecule has 0 saturated carbocycles. The lowest BCUT2D eigenvalue weighted by molar-refractivity contribution is -0.0510. The third kappa shape index (κ3) is 3.30. The van der Waals surface area contributed by atoms with Crippen molar-refractivity contribution in [3.63, 3.8) is 0 Å². The first-order chi connectivity index (χ1) is 13.4. The number of nitrogens with zero attached hydrogens (tertiary/aromatic N) is 2. The van der Waals surface area contributed by atoms with Crippen molar-refractivity contribution in [1.29, 1.82) is 5.26 Å². The number of carbonyl (C=O) groups excluding carboxylic acids is 1. The summed E-state index contributed by atoms with van der Waals surface area (Å²) in [5.74, 6) is -0.848. The summed E-state index contributed by atoms with van der Waals surface area (Å²) in [5.41, 5.74) is 2.98. The highest BCUT2D eigenvalue weighted by Gasteiger charge is 2.35. The Labute approximate surface area is 167 Å². The fraction of sp³-hybridized carbons (Fsp3) is 0.400. The molecular weight excluding hydrogens is 379 g/mol. The Bertz CT molecular complexity index is 991. The second kappa shape index (κ2) is 7.24. The molecule has 146 valence electrons. The van der Waals surface area contributed by atoms with Crippen LogP contribution >= 0.6 is 11.9 Å². The molecule has 4 rings (SSSR count). The molecule has 6 nitrogen and oxygen atoms in total. The summed E-state index contributed by atoms with van der Waals surface area (Å²) >= 11 is 1.56. The van der Waals surface area contributed by atoms with E-state index in [1.807, 2.05) is 6.92 Å². The SMILES string of the molecule is Cc1c(SNC2(C)COC2)c2n(c1C(=O)Nc1ccc(F)c(C#N)c1)CCC2. The standard InChI is InChI=1S/C20H21FN4O2S/c1-12-17(19(26)23-14-5-6-15(21)13(8-14)9-22)25-7-3-4-16(25)18(12)28-24-20(2)10-27-11-20/h5-6,8,24H,3-4,7,10-11H2,1-2H3,(H,23,26). The number of hydrogen-bond donors (Lipinski definition) is 2. The van der Waals surface area contributed by atoms with Crippen LogP contribution in [0.25, 0.3) is 0 Å². The van der Waals surface area contributed by atoms with Gasteiger partial charge in [0.25, 0.3) is 5.91 Å². The van der Waals surface area contributed by atoms with Gasteiger partial charge in [0.1, 0.15) is 17.6 Å². The van der Waals surface area contributed by atoms with Crippen LogP contribution in [0.5, 0.6) is 0 Å². The quantitative estimate of drug-likeness (QED) is 0.752. The summed E-state index contributed by atoms with van der Waals surface area (Å²) in [5, 5.41) is 11.8. The molecule has 1 amide bonds. The second-order valence-corrected chi connectivity index (χ2v) is 8.34. The molecule has 0 aliphatic carbocycles. The topological polar surface area (TPSA) is 79.1 Å². The predicted molar refractivity (Wildman–Crippen MR) is 105 cm³/mol. The summed E-state index contributed by atoms with van der Waals surface area (Å²) in [6.07, 6.45) is 1.93. The van der Waals surface area contributed by atoms with Crippen LogP contribution in [0.15, 0.2) is 23.1 Å². The molecule has 2 aromatic rings. The van der Waals surface area contributed by atoms with Gasteiger partial charge in [0.05, 0.1) is 24.3 Å². The molecule has 3 heterocycles. The van der Waals surface area contributed by atoms with Crippen molar-refractivity contribution in [1.82, 2.24) is 9.29 Å². The van der Waals surface area contributed by atoms with Crippen molar-refractivity contribution < 1.29 is 13.9 Å². The van der Waals surface area contributed by atoms with Crippen molar-refractivity contribution in [3.8, 4) is 6.07 Å². The van der Waals surface area contributed by atoms with Gasteiger partial charge in [-0.2, -0.15) is 5.26 Å². The number of aromatic nitrogens is 1. The fourth-order valence-corrected chi connectivity index (χ4v) is 4.68. The molecule has 0 radical (unpaired) electrons. The summed E-state index contributed by atoms with van der Waals surface area (Å²) in [6, 6.07) is 5.80. The monoisotopic (exact) mass is 400 g/mol. The number of benzene rings is 1. The van der Waals surface area contributed by atoms with Gasteiger partial charge in [-0.1, -0.05) is 0 Å². The van der Waals surface area contributed by atoms with Gasteiger partial charge in [-0.15, -0.1) is 0 Å². The lowest BCUT2D eigenvalue weighted by atomic mass is 10.0. The molecule has 2 N–H and O–H groups in total. The van der Waals surface area contributed by atoms with E-state index in [2.05, 4.69) is 21.5 Å². The van der Waals surface area contributed by atoms with E-state index in [1.54, 1.807) is 18.0 Å². The van der Waals surface area contributed by atoms with Crippen molar-refractivity contribution in [2.24, 2.45) is 0 Å². The number of nitrogens with one attached hydrogen (secondary N) is 2. The van der Waals surface area contributed by atoms with E-state index in [-0.39, 0.29) is 17.0 Å². The van der Waals surface area contributed by atoms with Gasteiger partial charge in [-0.25, -0.2) is 9.11 Å². The highest BCUT2D eigenvalue weighted by Crippen LogP contribution is 2.36. The molecule has 0 atom stereocenters. The molecule has 0 spiro atoms. The normalized spacial score (nSPS) is 16.9. The molecule has 0 unspecified atom stereocenters. The Morgan fingerprint density at radius 2 is 2.21 bits per heavy atom. The maximum absolute atomic E-state index is 13.5. The van der Waals surface area contributed by atoms with Gasteiger partial charge >= 0.3 is 0 Å². The van der Waals surface area contributed by atoms with Crippen LogP contribution in [0.4, 0.5) is 10.1 Å². The van der Waals surface area contributed by atoms with E-state index in [1.165, 1.54) is 23.9 Å². The third-order valence-electron chi connectivity index (χ3n) is 5.15. The molecule has 1 saturated heterocycles. The third-order valence-corrected chi connectivity index (χ3v) is 6.49. The molecular formula is C20H21FN4O2S.